The molecule has 0 fully saturated rings. The zero-order chi connectivity index (χ0) is 30.9. The van der Waals surface area contributed by atoms with Gasteiger partial charge in [-0.2, -0.15) is 0 Å². The van der Waals surface area contributed by atoms with Gasteiger partial charge in [-0.1, -0.05) is 143 Å². The van der Waals surface area contributed by atoms with E-state index in [0.717, 1.165) is 32.2 Å². The molecule has 0 aliphatic rings. The molecule has 0 N–H and O–H groups in total. The van der Waals surface area contributed by atoms with Crippen LogP contribution in [0.25, 0.3) is 0 Å². The van der Waals surface area contributed by atoms with Crippen molar-refractivity contribution >= 4 is 5.97 Å². The van der Waals surface area contributed by atoms with Crippen LogP contribution in [0.5, 0.6) is 0 Å². The molecule has 0 aliphatic carbocycles. The van der Waals surface area contributed by atoms with E-state index in [1.165, 1.54) is 161 Å². The molecule has 4 nitrogen and oxygen atoms in total. The van der Waals surface area contributed by atoms with Crippen molar-refractivity contribution in [2.75, 3.05) is 40.3 Å². The highest BCUT2D eigenvalue weighted by Gasteiger charge is 2.14. The third-order valence-electron chi connectivity index (χ3n) is 8.85. The van der Waals surface area contributed by atoms with Crippen LogP contribution < -0.4 is 0 Å². The second kappa shape index (κ2) is 33.3. The molecule has 0 heterocycles. The lowest BCUT2D eigenvalue weighted by molar-refractivity contribution is -0.150. The predicted octanol–water partition coefficient (Wildman–Crippen LogP) is 11.4. The molecule has 252 valence electrons. The monoisotopic (exact) mass is 595 g/mol. The van der Waals surface area contributed by atoms with Gasteiger partial charge in [-0.15, -0.1) is 0 Å². The van der Waals surface area contributed by atoms with Gasteiger partial charge < -0.3 is 14.5 Å². The number of hydrogen-bond donors (Lipinski definition) is 0. The first-order valence-electron chi connectivity index (χ1n) is 19.1. The summed E-state index contributed by atoms with van der Waals surface area (Å²) in [7, 11) is 4.37. The molecular weight excluding hydrogens is 516 g/mol. The van der Waals surface area contributed by atoms with Crippen LogP contribution >= 0.6 is 0 Å². The molecule has 0 spiro atoms. The lowest BCUT2D eigenvalue weighted by Gasteiger charge is -2.24. The highest BCUT2D eigenvalue weighted by molar-refractivity contribution is 5.69. The molecule has 0 amide bonds. The van der Waals surface area contributed by atoms with Crippen molar-refractivity contribution in [3.63, 3.8) is 0 Å². The Kier molecular flexibility index (Phi) is 32.8. The van der Waals surface area contributed by atoms with Gasteiger partial charge in [0.25, 0.3) is 0 Å². The van der Waals surface area contributed by atoms with Crippen molar-refractivity contribution in [1.29, 1.82) is 0 Å². The summed E-state index contributed by atoms with van der Waals surface area (Å²) in [5, 5.41) is 0. The number of unbranched alkanes of at least 4 members (excludes halogenated alkanes) is 20. The van der Waals surface area contributed by atoms with E-state index in [0.29, 0.717) is 6.42 Å². The van der Waals surface area contributed by atoms with E-state index in [4.69, 9.17) is 4.74 Å². The predicted molar refractivity (Wildman–Crippen MR) is 187 cm³/mol. The maximum Gasteiger partial charge on any atom is 0.306 e. The van der Waals surface area contributed by atoms with Gasteiger partial charge >= 0.3 is 5.97 Å². The van der Waals surface area contributed by atoms with Crippen LogP contribution in [0.2, 0.25) is 0 Å². The number of carbonyl (C=O) groups excluding carboxylic acids is 1. The Morgan fingerprint density at radius 2 is 0.857 bits per heavy atom. The zero-order valence-electron chi connectivity index (χ0n) is 29.7. The summed E-state index contributed by atoms with van der Waals surface area (Å²) in [5.41, 5.74) is 0. The highest BCUT2D eigenvalue weighted by Crippen LogP contribution is 2.18. The standard InChI is InChI=1S/C38H78N2O2/c1-6-9-12-15-18-23-28-33-40(36-35-39(4)5)34-29-24-19-22-27-32-38(41)42-37(30-25-20-16-13-10-7-2)31-26-21-17-14-11-8-3/h37H,6-36H2,1-5H3. The first-order chi connectivity index (χ1) is 20.5. The van der Waals surface area contributed by atoms with Gasteiger partial charge in [0.1, 0.15) is 6.10 Å². The number of likely N-dealkylation sites (N-methyl/N-ethyl adjacent to an activating group) is 1. The fraction of sp³-hybridized carbons (Fsp3) is 0.974. The SMILES string of the molecule is CCCCCCCCCN(CCCCCCCC(=O)OC(CCCCCCCC)CCCCCCCC)CCN(C)C. The van der Waals surface area contributed by atoms with Crippen molar-refractivity contribution in [3.8, 4) is 0 Å². The van der Waals surface area contributed by atoms with E-state index >= 15 is 0 Å². The molecule has 0 radical (unpaired) electrons. The Bertz CT molecular complexity index is 523. The third-order valence-corrected chi connectivity index (χ3v) is 8.85. The van der Waals surface area contributed by atoms with Gasteiger partial charge in [0.2, 0.25) is 0 Å². The van der Waals surface area contributed by atoms with Crippen LogP contribution in [-0.4, -0.2) is 62.1 Å². The molecule has 0 aromatic rings. The Balaban J connectivity index is 4.16. The molecule has 0 saturated heterocycles. The van der Waals surface area contributed by atoms with Crippen LogP contribution in [-0.2, 0) is 9.53 Å². The molecule has 0 saturated carbocycles. The molecule has 4 heteroatoms. The van der Waals surface area contributed by atoms with Crippen LogP contribution in [0.1, 0.15) is 194 Å². The van der Waals surface area contributed by atoms with Crippen molar-refractivity contribution in [2.24, 2.45) is 0 Å². The maximum absolute atomic E-state index is 12.7. The molecule has 0 aromatic carbocycles. The number of carbonyl (C=O) groups is 1. The second-order valence-corrected chi connectivity index (χ2v) is 13.5. The largest absolute Gasteiger partial charge is 0.462 e. The summed E-state index contributed by atoms with van der Waals surface area (Å²) < 4.78 is 6.04. The van der Waals surface area contributed by atoms with Crippen LogP contribution in [0.3, 0.4) is 0 Å². The molecule has 0 aliphatic heterocycles. The van der Waals surface area contributed by atoms with Crippen LogP contribution in [0.15, 0.2) is 0 Å². The molecule has 0 bridgehead atoms. The summed E-state index contributed by atoms with van der Waals surface area (Å²) >= 11 is 0. The number of nitrogens with zero attached hydrogens (tertiary/aromatic N) is 2. The first kappa shape index (κ1) is 41.4. The third kappa shape index (κ3) is 30.8. The molecular formula is C38H78N2O2. The van der Waals surface area contributed by atoms with E-state index in [9.17, 15) is 4.79 Å². The Labute approximate surface area is 265 Å². The van der Waals surface area contributed by atoms with Gasteiger partial charge in [0.05, 0.1) is 0 Å². The minimum atomic E-state index is 0.0570. The molecule has 42 heavy (non-hydrogen) atoms. The second-order valence-electron chi connectivity index (χ2n) is 13.5. The fourth-order valence-corrected chi connectivity index (χ4v) is 5.92. The van der Waals surface area contributed by atoms with Crippen LogP contribution in [0.4, 0.5) is 0 Å². The van der Waals surface area contributed by atoms with E-state index in [-0.39, 0.29) is 12.1 Å². The quantitative estimate of drug-likeness (QED) is 0.0548. The summed E-state index contributed by atoms with van der Waals surface area (Å²) in [6.45, 7) is 11.7. The minimum Gasteiger partial charge on any atom is -0.462 e. The van der Waals surface area contributed by atoms with E-state index in [1.807, 2.05) is 0 Å². The van der Waals surface area contributed by atoms with Crippen LogP contribution in [0, 0.1) is 0 Å². The number of hydrogen-bond acceptors (Lipinski definition) is 4. The number of esters is 1. The zero-order valence-corrected chi connectivity index (χ0v) is 29.7. The van der Waals surface area contributed by atoms with Crippen molar-refractivity contribution in [1.82, 2.24) is 9.80 Å². The van der Waals surface area contributed by atoms with Gasteiger partial charge in [-0.25, -0.2) is 0 Å². The Hall–Kier alpha value is -0.610. The van der Waals surface area contributed by atoms with E-state index in [2.05, 4.69) is 44.7 Å². The van der Waals surface area contributed by atoms with E-state index < -0.39 is 0 Å². The van der Waals surface area contributed by atoms with Gasteiger partial charge in [0.15, 0.2) is 0 Å². The van der Waals surface area contributed by atoms with Gasteiger partial charge in [-0.3, -0.25) is 4.79 Å². The summed E-state index contributed by atoms with van der Waals surface area (Å²) in [4.78, 5) is 17.7. The lowest BCUT2D eigenvalue weighted by atomic mass is 10.0. The van der Waals surface area contributed by atoms with E-state index in [1.54, 1.807) is 0 Å². The smallest absolute Gasteiger partial charge is 0.306 e. The number of rotatable bonds is 34. The van der Waals surface area contributed by atoms with Crippen molar-refractivity contribution < 1.29 is 9.53 Å². The summed E-state index contributed by atoms with van der Waals surface area (Å²) in [6, 6.07) is 0. The minimum absolute atomic E-state index is 0.0570. The average molecular weight is 595 g/mol. The summed E-state index contributed by atoms with van der Waals surface area (Å²) in [5.74, 6) is 0.0570. The number of ether oxygens (including phenoxy) is 1. The van der Waals surface area contributed by atoms with Gasteiger partial charge in [0, 0.05) is 19.5 Å². The average Bonchev–Trinajstić information content (AvgIpc) is 2.97. The Morgan fingerprint density at radius 3 is 1.29 bits per heavy atom. The first-order valence-corrected chi connectivity index (χ1v) is 19.1. The molecule has 0 aromatic heterocycles. The normalized spacial score (nSPS) is 11.8. The lowest BCUT2D eigenvalue weighted by Crippen LogP contribution is -2.33. The summed E-state index contributed by atoms with van der Waals surface area (Å²) in [6.07, 6.45) is 34.2. The molecule has 0 atom stereocenters. The fourth-order valence-electron chi connectivity index (χ4n) is 5.92. The van der Waals surface area contributed by atoms with Gasteiger partial charge in [-0.05, 0) is 72.1 Å². The topological polar surface area (TPSA) is 32.8 Å². The molecule has 0 unspecified atom stereocenters. The van der Waals surface area contributed by atoms with Crippen molar-refractivity contribution in [2.45, 2.75) is 200 Å². The highest BCUT2D eigenvalue weighted by atomic mass is 16.5. The maximum atomic E-state index is 12.7. The van der Waals surface area contributed by atoms with Crippen molar-refractivity contribution in [3.05, 3.63) is 0 Å². The Morgan fingerprint density at radius 1 is 0.476 bits per heavy atom. The molecule has 0 rings (SSSR count).